The zero-order valence-corrected chi connectivity index (χ0v) is 23.3. The predicted molar refractivity (Wildman–Crippen MR) is 150 cm³/mol. The first kappa shape index (κ1) is 28.7. The third kappa shape index (κ3) is 5.31. The molecule has 0 radical (unpaired) electrons. The van der Waals surface area contributed by atoms with E-state index in [2.05, 4.69) is 4.98 Å². The predicted octanol–water partition coefficient (Wildman–Crippen LogP) is 4.68. The van der Waals surface area contributed by atoms with E-state index >= 15 is 0 Å². The Hall–Kier alpha value is -3.82. The van der Waals surface area contributed by atoms with Gasteiger partial charge in [0.05, 0.1) is 34.9 Å². The van der Waals surface area contributed by atoms with Gasteiger partial charge in [0.15, 0.2) is 0 Å². The summed E-state index contributed by atoms with van der Waals surface area (Å²) in [6.45, 7) is 3.41. The summed E-state index contributed by atoms with van der Waals surface area (Å²) in [5, 5.41) is 9.58. The van der Waals surface area contributed by atoms with Crippen molar-refractivity contribution in [3.63, 3.8) is 0 Å². The molecule has 2 aromatic carbocycles. The van der Waals surface area contributed by atoms with E-state index in [0.29, 0.717) is 49.8 Å². The second-order valence-electron chi connectivity index (χ2n) is 10.2. The SMILES string of the molecule is CCOc1ncccc1-c1ccc2c(c1)N(S(=O)(=O)CCN)CC21CCN(c2ccc(C(F)(F)F)cc2C#N)CC1. The van der Waals surface area contributed by atoms with E-state index in [1.54, 1.807) is 12.3 Å². The molecular formula is C29H30F3N5O3S. The summed E-state index contributed by atoms with van der Waals surface area (Å²) in [6, 6.07) is 14.5. The minimum atomic E-state index is -4.54. The number of alkyl halides is 3. The number of sulfonamides is 1. The van der Waals surface area contributed by atoms with Crippen LogP contribution in [0.25, 0.3) is 11.1 Å². The molecule has 0 aliphatic carbocycles. The number of aromatic nitrogens is 1. The molecule has 41 heavy (non-hydrogen) atoms. The first-order chi connectivity index (χ1) is 19.5. The van der Waals surface area contributed by atoms with E-state index in [0.717, 1.165) is 28.8 Å². The molecule has 0 bridgehead atoms. The average Bonchev–Trinajstić information content (AvgIpc) is 3.27. The van der Waals surface area contributed by atoms with Crippen molar-refractivity contribution in [2.24, 2.45) is 5.73 Å². The number of fused-ring (bicyclic) bond motifs is 2. The van der Waals surface area contributed by atoms with Gasteiger partial charge in [0, 0.05) is 43.4 Å². The molecule has 0 unspecified atom stereocenters. The second kappa shape index (κ2) is 10.9. The fourth-order valence-electron chi connectivity index (χ4n) is 5.85. The Bertz CT molecular complexity index is 1600. The molecule has 2 aliphatic rings. The molecule has 3 aromatic rings. The number of nitrogens with zero attached hydrogens (tertiary/aromatic N) is 4. The Balaban J connectivity index is 1.50. The van der Waals surface area contributed by atoms with Crippen LogP contribution >= 0.6 is 0 Å². The van der Waals surface area contributed by atoms with Crippen molar-refractivity contribution in [3.05, 3.63) is 71.4 Å². The van der Waals surface area contributed by atoms with Gasteiger partial charge in [0.25, 0.3) is 0 Å². The van der Waals surface area contributed by atoms with Crippen molar-refractivity contribution in [2.45, 2.75) is 31.4 Å². The minimum absolute atomic E-state index is 0.0173. The van der Waals surface area contributed by atoms with Crippen LogP contribution in [-0.4, -0.2) is 51.9 Å². The summed E-state index contributed by atoms with van der Waals surface area (Å²) in [7, 11) is -3.71. The lowest BCUT2D eigenvalue weighted by molar-refractivity contribution is -0.137. The van der Waals surface area contributed by atoms with Gasteiger partial charge in [-0.05, 0) is 67.3 Å². The summed E-state index contributed by atoms with van der Waals surface area (Å²) >= 11 is 0. The van der Waals surface area contributed by atoms with Crippen LogP contribution in [0.3, 0.4) is 0 Å². The Morgan fingerprint density at radius 1 is 1.12 bits per heavy atom. The number of benzene rings is 2. The number of rotatable bonds is 7. The van der Waals surface area contributed by atoms with Crippen LogP contribution in [0.2, 0.25) is 0 Å². The van der Waals surface area contributed by atoms with Gasteiger partial charge >= 0.3 is 6.18 Å². The van der Waals surface area contributed by atoms with E-state index in [-0.39, 0.29) is 24.4 Å². The van der Waals surface area contributed by atoms with Gasteiger partial charge in [-0.15, -0.1) is 0 Å². The van der Waals surface area contributed by atoms with E-state index in [1.165, 1.54) is 10.4 Å². The molecule has 5 rings (SSSR count). The summed E-state index contributed by atoms with van der Waals surface area (Å²) in [6.07, 6.45) is -1.80. The molecule has 0 saturated carbocycles. The minimum Gasteiger partial charge on any atom is -0.478 e. The van der Waals surface area contributed by atoms with Gasteiger partial charge in [-0.1, -0.05) is 12.1 Å². The van der Waals surface area contributed by atoms with Crippen molar-refractivity contribution in [3.8, 4) is 23.1 Å². The lowest BCUT2D eigenvalue weighted by Gasteiger charge is -2.41. The molecule has 0 atom stereocenters. The smallest absolute Gasteiger partial charge is 0.416 e. The maximum absolute atomic E-state index is 13.4. The molecular weight excluding hydrogens is 555 g/mol. The van der Waals surface area contributed by atoms with Crippen LogP contribution < -0.4 is 19.7 Å². The number of ether oxygens (including phenoxy) is 1. The standard InChI is InChI=1S/C29H30F3N5O3S/c1-2-40-27-23(4-3-12-35-27)20-5-7-24-26(17-20)37(41(38,39)15-11-33)19-28(24)9-13-36(14-10-28)25-8-6-22(29(30,31)32)16-21(25)18-34/h3-8,12,16-17H,2,9-11,13-15,19,33H2,1H3. The summed E-state index contributed by atoms with van der Waals surface area (Å²) in [5.41, 5.74) is 7.70. The summed E-state index contributed by atoms with van der Waals surface area (Å²) < 4.78 is 73.6. The first-order valence-corrected chi connectivity index (χ1v) is 14.9. The lowest BCUT2D eigenvalue weighted by Crippen LogP contribution is -2.46. The third-order valence-corrected chi connectivity index (χ3v) is 9.61. The lowest BCUT2D eigenvalue weighted by atomic mass is 9.74. The molecule has 0 amide bonds. The number of piperidine rings is 1. The highest BCUT2D eigenvalue weighted by Gasteiger charge is 2.48. The van der Waals surface area contributed by atoms with E-state index in [9.17, 15) is 26.9 Å². The normalized spacial score (nSPS) is 16.5. The van der Waals surface area contributed by atoms with Crippen molar-refractivity contribution >= 4 is 21.4 Å². The summed E-state index contributed by atoms with van der Waals surface area (Å²) in [5.74, 6) is 0.254. The molecule has 2 aliphatic heterocycles. The number of hydrogen-bond acceptors (Lipinski definition) is 7. The van der Waals surface area contributed by atoms with Gasteiger partial charge in [0.1, 0.15) is 6.07 Å². The van der Waals surface area contributed by atoms with Crippen molar-refractivity contribution in [2.75, 3.05) is 47.7 Å². The molecule has 1 fully saturated rings. The molecule has 1 saturated heterocycles. The number of halogens is 3. The van der Waals surface area contributed by atoms with Crippen LogP contribution in [0.4, 0.5) is 24.5 Å². The van der Waals surface area contributed by atoms with Crippen LogP contribution in [0.15, 0.2) is 54.7 Å². The monoisotopic (exact) mass is 585 g/mol. The van der Waals surface area contributed by atoms with E-state index in [4.69, 9.17) is 10.5 Å². The number of pyridine rings is 1. The number of hydrogen-bond donors (Lipinski definition) is 1. The maximum atomic E-state index is 13.4. The highest BCUT2D eigenvalue weighted by Crippen LogP contribution is 2.50. The Morgan fingerprint density at radius 3 is 2.54 bits per heavy atom. The second-order valence-corrected chi connectivity index (χ2v) is 12.3. The largest absolute Gasteiger partial charge is 0.478 e. The van der Waals surface area contributed by atoms with Gasteiger partial charge in [0.2, 0.25) is 15.9 Å². The Kier molecular flexibility index (Phi) is 7.61. The van der Waals surface area contributed by atoms with Gasteiger partial charge in [-0.3, -0.25) is 4.31 Å². The number of nitriles is 1. The fourth-order valence-corrected chi connectivity index (χ4v) is 7.26. The quantitative estimate of drug-likeness (QED) is 0.428. The fraction of sp³-hybridized carbons (Fsp3) is 0.379. The molecule has 8 nitrogen and oxygen atoms in total. The Labute approximate surface area is 237 Å². The molecule has 12 heteroatoms. The average molecular weight is 586 g/mol. The van der Waals surface area contributed by atoms with Gasteiger partial charge < -0.3 is 15.4 Å². The molecule has 216 valence electrons. The van der Waals surface area contributed by atoms with Crippen LogP contribution in [-0.2, 0) is 21.6 Å². The zero-order chi connectivity index (χ0) is 29.4. The molecule has 2 N–H and O–H groups in total. The third-order valence-electron chi connectivity index (χ3n) is 7.86. The maximum Gasteiger partial charge on any atom is 0.416 e. The van der Waals surface area contributed by atoms with Crippen molar-refractivity contribution in [1.29, 1.82) is 5.26 Å². The first-order valence-electron chi connectivity index (χ1n) is 13.3. The highest BCUT2D eigenvalue weighted by atomic mass is 32.2. The van der Waals surface area contributed by atoms with Gasteiger partial charge in [-0.2, -0.15) is 18.4 Å². The Morgan fingerprint density at radius 2 is 1.88 bits per heavy atom. The molecule has 1 aromatic heterocycles. The van der Waals surface area contributed by atoms with Crippen molar-refractivity contribution < 1.29 is 26.3 Å². The van der Waals surface area contributed by atoms with Gasteiger partial charge in [-0.25, -0.2) is 13.4 Å². The molecule has 3 heterocycles. The summed E-state index contributed by atoms with van der Waals surface area (Å²) in [4.78, 5) is 6.23. The zero-order valence-electron chi connectivity index (χ0n) is 22.5. The number of anilines is 2. The molecule has 1 spiro atoms. The van der Waals surface area contributed by atoms with Crippen LogP contribution in [0.5, 0.6) is 5.88 Å². The van der Waals surface area contributed by atoms with E-state index < -0.39 is 27.2 Å². The number of nitrogens with two attached hydrogens (primary N) is 1. The van der Waals surface area contributed by atoms with Crippen LogP contribution in [0, 0.1) is 11.3 Å². The van der Waals surface area contributed by atoms with Crippen molar-refractivity contribution in [1.82, 2.24) is 4.98 Å². The highest BCUT2D eigenvalue weighted by molar-refractivity contribution is 7.92. The van der Waals surface area contributed by atoms with Crippen LogP contribution in [0.1, 0.15) is 36.5 Å². The topological polar surface area (TPSA) is 113 Å². The van der Waals surface area contributed by atoms with E-state index in [1.807, 2.05) is 42.2 Å².